The number of hydrogen-bond donors (Lipinski definition) is 3. The highest BCUT2D eigenvalue weighted by molar-refractivity contribution is 6.10. The van der Waals surface area contributed by atoms with Crippen LogP contribution in [0.5, 0.6) is 0 Å². The standard InChI is InChI=1S/C19H21N5O2/c1-3-21-19(25)12(2)22-18-15-11-14(24(20)26)9-10-16(15)23-17(18)13-7-5-4-6-8-13/h4-12,18,22H,3H2,1-2H3,(H2-,20,21,25,26)/p+1. The molecule has 0 saturated carbocycles. The summed E-state index contributed by atoms with van der Waals surface area (Å²) in [4.78, 5) is 28.7. The van der Waals surface area contributed by atoms with Gasteiger partial charge in [0.1, 0.15) is 0 Å². The molecule has 1 aliphatic rings. The molecule has 2 atom stereocenters. The lowest BCUT2D eigenvalue weighted by atomic mass is 9.97. The number of nitroso groups, excluding NO2 is 1. The summed E-state index contributed by atoms with van der Waals surface area (Å²) < 4.78 is 0. The molecule has 1 heterocycles. The van der Waals surface area contributed by atoms with Gasteiger partial charge in [0.05, 0.1) is 28.4 Å². The minimum atomic E-state index is -0.426. The van der Waals surface area contributed by atoms with Gasteiger partial charge in [0.2, 0.25) is 5.91 Å². The predicted molar refractivity (Wildman–Crippen MR) is 101 cm³/mol. The summed E-state index contributed by atoms with van der Waals surface area (Å²) >= 11 is 0. The zero-order valence-corrected chi connectivity index (χ0v) is 14.8. The van der Waals surface area contributed by atoms with Crippen LogP contribution in [0.2, 0.25) is 0 Å². The molecular formula is C19H22N5O2+. The third-order valence-corrected chi connectivity index (χ3v) is 4.32. The number of carbonyl (C=O) groups excluding carboxylic acids is 1. The van der Waals surface area contributed by atoms with E-state index in [0.29, 0.717) is 17.1 Å². The highest BCUT2D eigenvalue weighted by Gasteiger charge is 2.32. The summed E-state index contributed by atoms with van der Waals surface area (Å²) in [6.45, 7) is 4.25. The number of nitrogens with two attached hydrogens (primary N) is 1. The minimum absolute atomic E-state index is 0.0891. The van der Waals surface area contributed by atoms with Crippen LogP contribution in [0, 0.1) is 4.91 Å². The van der Waals surface area contributed by atoms with Crippen molar-refractivity contribution < 1.29 is 9.66 Å². The van der Waals surface area contributed by atoms with Crippen LogP contribution >= 0.6 is 0 Å². The van der Waals surface area contributed by atoms with Crippen LogP contribution in [0.15, 0.2) is 53.5 Å². The van der Waals surface area contributed by atoms with Gasteiger partial charge >= 0.3 is 0 Å². The third-order valence-electron chi connectivity index (χ3n) is 4.32. The number of fused-ring (bicyclic) bond motifs is 1. The molecule has 26 heavy (non-hydrogen) atoms. The first-order valence-corrected chi connectivity index (χ1v) is 8.55. The van der Waals surface area contributed by atoms with E-state index in [-0.39, 0.29) is 11.9 Å². The molecule has 3 rings (SSSR count). The Morgan fingerprint density at radius 3 is 2.65 bits per heavy atom. The molecule has 0 saturated heterocycles. The Morgan fingerprint density at radius 2 is 2.00 bits per heavy atom. The second-order valence-electron chi connectivity index (χ2n) is 6.15. The Hall–Kier alpha value is -3.06. The minimum Gasteiger partial charge on any atom is -0.355 e. The van der Waals surface area contributed by atoms with E-state index in [9.17, 15) is 9.70 Å². The SMILES string of the molecule is CCNC(=O)C(C)NC1C(c2ccccc2)=Nc2ccc([N+](N)=O)cc21. The Bertz CT molecular complexity index is 863. The molecule has 0 aromatic heterocycles. The summed E-state index contributed by atoms with van der Waals surface area (Å²) in [6.07, 6.45) is 0. The maximum atomic E-state index is 12.2. The number of hydrogen-bond acceptors (Lipinski definition) is 4. The molecule has 0 radical (unpaired) electrons. The maximum Gasteiger partial charge on any atom is 0.292 e. The monoisotopic (exact) mass is 352 g/mol. The summed E-state index contributed by atoms with van der Waals surface area (Å²) in [7, 11) is 0. The smallest absolute Gasteiger partial charge is 0.292 e. The van der Waals surface area contributed by atoms with E-state index in [1.807, 2.05) is 37.3 Å². The lowest BCUT2D eigenvalue weighted by molar-refractivity contribution is -0.474. The molecule has 134 valence electrons. The first kappa shape index (κ1) is 17.8. The van der Waals surface area contributed by atoms with Crippen LogP contribution in [0.3, 0.4) is 0 Å². The van der Waals surface area contributed by atoms with E-state index in [2.05, 4.69) is 10.6 Å². The molecule has 7 nitrogen and oxygen atoms in total. The van der Waals surface area contributed by atoms with E-state index in [1.165, 1.54) is 0 Å². The molecule has 2 aromatic carbocycles. The molecular weight excluding hydrogens is 330 g/mol. The van der Waals surface area contributed by atoms with E-state index in [4.69, 9.17) is 10.8 Å². The second kappa shape index (κ2) is 7.45. The van der Waals surface area contributed by atoms with Crippen molar-refractivity contribution in [2.45, 2.75) is 25.9 Å². The number of carbonyl (C=O) groups is 1. The molecule has 0 aliphatic carbocycles. The van der Waals surface area contributed by atoms with Crippen molar-refractivity contribution in [1.29, 1.82) is 0 Å². The summed E-state index contributed by atoms with van der Waals surface area (Å²) in [6, 6.07) is 14.1. The van der Waals surface area contributed by atoms with Gasteiger partial charge in [-0.15, -0.1) is 0 Å². The van der Waals surface area contributed by atoms with Gasteiger partial charge in [0.25, 0.3) is 5.69 Å². The fourth-order valence-corrected chi connectivity index (χ4v) is 3.02. The van der Waals surface area contributed by atoms with Crippen LogP contribution in [0.4, 0.5) is 11.4 Å². The van der Waals surface area contributed by atoms with Gasteiger partial charge in [-0.1, -0.05) is 30.3 Å². The highest BCUT2D eigenvalue weighted by Crippen LogP contribution is 2.38. The molecule has 0 bridgehead atoms. The summed E-state index contributed by atoms with van der Waals surface area (Å²) in [5, 5.41) is 6.14. The van der Waals surface area contributed by atoms with E-state index >= 15 is 0 Å². The van der Waals surface area contributed by atoms with Gasteiger partial charge in [0, 0.05) is 24.2 Å². The second-order valence-corrected chi connectivity index (χ2v) is 6.15. The molecule has 0 fully saturated rings. The first-order valence-electron chi connectivity index (χ1n) is 8.55. The van der Waals surface area contributed by atoms with Crippen LogP contribution in [0.25, 0.3) is 0 Å². The number of nitrogens with one attached hydrogen (secondary N) is 2. The fraction of sp³-hybridized carbons (Fsp3) is 0.263. The number of benzene rings is 2. The zero-order valence-electron chi connectivity index (χ0n) is 14.8. The summed E-state index contributed by atoms with van der Waals surface area (Å²) in [5.74, 6) is 5.25. The van der Waals surface area contributed by atoms with Crippen LogP contribution in [-0.4, -0.2) is 29.1 Å². The first-order chi connectivity index (χ1) is 12.5. The highest BCUT2D eigenvalue weighted by atomic mass is 16.3. The number of amides is 1. The number of rotatable bonds is 6. The molecule has 1 amide bonds. The van der Waals surface area contributed by atoms with Crippen LogP contribution in [-0.2, 0) is 4.79 Å². The van der Waals surface area contributed by atoms with Gasteiger partial charge in [0.15, 0.2) is 4.87 Å². The van der Waals surface area contributed by atoms with Gasteiger partial charge in [-0.05, 0) is 25.5 Å². The normalized spacial score (nSPS) is 16.5. The summed E-state index contributed by atoms with van der Waals surface area (Å²) in [5.41, 5.74) is 3.69. The van der Waals surface area contributed by atoms with E-state index < -0.39 is 6.04 Å². The van der Waals surface area contributed by atoms with Gasteiger partial charge in [-0.25, -0.2) is 0 Å². The van der Waals surface area contributed by atoms with Crippen molar-refractivity contribution in [1.82, 2.24) is 10.6 Å². The number of hydrazine groups is 1. The van der Waals surface area contributed by atoms with Crippen molar-refractivity contribution in [3.8, 4) is 0 Å². The Kier molecular flexibility index (Phi) is 5.09. The van der Waals surface area contributed by atoms with Crippen molar-refractivity contribution in [2.75, 3.05) is 6.54 Å². The van der Waals surface area contributed by atoms with E-state index in [1.54, 1.807) is 25.1 Å². The lowest BCUT2D eigenvalue weighted by Crippen LogP contribution is -2.45. The predicted octanol–water partition coefficient (Wildman–Crippen LogP) is 2.26. The average Bonchev–Trinajstić information content (AvgIpc) is 3.00. The number of aliphatic imine (C=N–C) groups is 1. The average molecular weight is 352 g/mol. The Morgan fingerprint density at radius 1 is 1.27 bits per heavy atom. The molecule has 4 N–H and O–H groups in total. The van der Waals surface area contributed by atoms with Gasteiger partial charge < -0.3 is 5.32 Å². The zero-order chi connectivity index (χ0) is 18.7. The molecule has 2 unspecified atom stereocenters. The number of nitrogens with zero attached hydrogens (tertiary/aromatic N) is 2. The van der Waals surface area contributed by atoms with Gasteiger partial charge in [-0.2, -0.15) is 5.84 Å². The third kappa shape index (κ3) is 3.48. The number of likely N-dealkylation sites (N-methyl/N-ethyl adjacent to an activating group) is 1. The van der Waals surface area contributed by atoms with E-state index in [0.717, 1.165) is 22.5 Å². The fourth-order valence-electron chi connectivity index (χ4n) is 3.02. The Labute approximate surface area is 151 Å². The van der Waals surface area contributed by atoms with Crippen molar-refractivity contribution in [2.24, 2.45) is 10.8 Å². The molecule has 0 spiro atoms. The topological polar surface area (TPSA) is 99.6 Å². The van der Waals surface area contributed by atoms with Crippen molar-refractivity contribution >= 4 is 23.0 Å². The van der Waals surface area contributed by atoms with Gasteiger partial charge in [-0.3, -0.25) is 15.1 Å². The Balaban J connectivity index is 1.99. The molecule has 7 heteroatoms. The molecule has 2 aromatic rings. The quantitative estimate of drug-likeness (QED) is 0.422. The lowest BCUT2D eigenvalue weighted by Gasteiger charge is -2.21. The molecule has 1 aliphatic heterocycles. The van der Waals surface area contributed by atoms with Crippen molar-refractivity contribution in [3.05, 3.63) is 64.6 Å². The maximum absolute atomic E-state index is 12.2. The van der Waals surface area contributed by atoms with Crippen molar-refractivity contribution in [3.63, 3.8) is 0 Å². The van der Waals surface area contributed by atoms with Crippen LogP contribution in [0.1, 0.15) is 31.0 Å². The largest absolute Gasteiger partial charge is 0.355 e. The van der Waals surface area contributed by atoms with Crippen LogP contribution < -0.4 is 16.5 Å².